The summed E-state index contributed by atoms with van der Waals surface area (Å²) in [4.78, 5) is 22.4. The van der Waals surface area contributed by atoms with Gasteiger partial charge in [0.1, 0.15) is 5.82 Å². The standard InChI is InChI=1S/C22H26N8S/c1-17-19(3-4-20(27-17)24-7-2-6-23)30-12-10-29(11-13-30)16-18-5-8-25-21(15-18)28-22-26-9-14-31-22/h2-9,14-15H,10-13,16,23H2,1H3,(H,25,26,28)/b6-2-,24-7?. The van der Waals surface area contributed by atoms with Crippen molar-refractivity contribution in [2.24, 2.45) is 10.7 Å². The number of pyridine rings is 2. The van der Waals surface area contributed by atoms with Gasteiger partial charge in [0.05, 0.1) is 11.4 Å². The van der Waals surface area contributed by atoms with Crippen molar-refractivity contribution in [3.05, 3.63) is 65.6 Å². The molecule has 0 aliphatic carbocycles. The summed E-state index contributed by atoms with van der Waals surface area (Å²) in [6, 6.07) is 8.23. The molecule has 0 atom stereocenters. The predicted octanol–water partition coefficient (Wildman–Crippen LogP) is 3.48. The van der Waals surface area contributed by atoms with Crippen molar-refractivity contribution in [3.63, 3.8) is 0 Å². The molecule has 4 rings (SSSR count). The van der Waals surface area contributed by atoms with E-state index in [9.17, 15) is 0 Å². The van der Waals surface area contributed by atoms with Crippen LogP contribution in [0.15, 0.2) is 59.3 Å². The minimum absolute atomic E-state index is 0.692. The van der Waals surface area contributed by atoms with Crippen LogP contribution in [-0.4, -0.2) is 52.2 Å². The molecular formula is C22H26N8S. The molecule has 31 heavy (non-hydrogen) atoms. The molecule has 8 nitrogen and oxygen atoms in total. The molecule has 0 amide bonds. The van der Waals surface area contributed by atoms with E-state index in [1.54, 1.807) is 29.8 Å². The first kappa shape index (κ1) is 21.0. The minimum atomic E-state index is 0.692. The number of aromatic nitrogens is 3. The van der Waals surface area contributed by atoms with Crippen molar-refractivity contribution in [2.45, 2.75) is 13.5 Å². The summed E-state index contributed by atoms with van der Waals surface area (Å²) in [7, 11) is 0. The number of aryl methyl sites for hydroxylation is 1. The van der Waals surface area contributed by atoms with Crippen LogP contribution in [0.5, 0.6) is 0 Å². The molecular weight excluding hydrogens is 408 g/mol. The van der Waals surface area contributed by atoms with Gasteiger partial charge in [0.25, 0.3) is 0 Å². The lowest BCUT2D eigenvalue weighted by molar-refractivity contribution is 0.249. The Hall–Kier alpha value is -3.30. The Balaban J connectivity index is 1.33. The second-order valence-corrected chi connectivity index (χ2v) is 8.11. The first-order valence-corrected chi connectivity index (χ1v) is 11.1. The van der Waals surface area contributed by atoms with Gasteiger partial charge in [-0.05, 0) is 49.0 Å². The topological polar surface area (TPSA) is 95.6 Å². The van der Waals surface area contributed by atoms with E-state index in [0.717, 1.165) is 49.4 Å². The van der Waals surface area contributed by atoms with E-state index in [-0.39, 0.29) is 0 Å². The molecule has 1 saturated heterocycles. The summed E-state index contributed by atoms with van der Waals surface area (Å²) in [6.45, 7) is 6.87. The lowest BCUT2D eigenvalue weighted by Crippen LogP contribution is -2.46. The van der Waals surface area contributed by atoms with E-state index in [0.29, 0.717) is 5.82 Å². The van der Waals surface area contributed by atoms with Gasteiger partial charge in [-0.25, -0.2) is 19.9 Å². The highest BCUT2D eigenvalue weighted by Crippen LogP contribution is 2.24. The van der Waals surface area contributed by atoms with E-state index < -0.39 is 0 Å². The van der Waals surface area contributed by atoms with Gasteiger partial charge in [-0.15, -0.1) is 11.3 Å². The number of rotatable bonds is 7. The maximum Gasteiger partial charge on any atom is 0.188 e. The van der Waals surface area contributed by atoms with Crippen molar-refractivity contribution in [1.82, 2.24) is 19.9 Å². The zero-order valence-electron chi connectivity index (χ0n) is 17.5. The van der Waals surface area contributed by atoms with E-state index in [1.807, 2.05) is 24.6 Å². The maximum absolute atomic E-state index is 5.33. The highest BCUT2D eigenvalue weighted by Gasteiger charge is 2.19. The fourth-order valence-electron chi connectivity index (χ4n) is 3.56. The third-order valence-corrected chi connectivity index (χ3v) is 5.75. The molecule has 1 fully saturated rings. The third kappa shape index (κ3) is 5.65. The van der Waals surface area contributed by atoms with Crippen LogP contribution in [0.3, 0.4) is 0 Å². The van der Waals surface area contributed by atoms with Crippen LogP contribution in [0.1, 0.15) is 11.3 Å². The molecule has 3 N–H and O–H groups in total. The number of nitrogens with one attached hydrogen (secondary N) is 1. The van der Waals surface area contributed by atoms with Crippen molar-refractivity contribution in [3.8, 4) is 0 Å². The molecule has 0 spiro atoms. The van der Waals surface area contributed by atoms with Gasteiger partial charge in [-0.3, -0.25) is 4.90 Å². The predicted molar refractivity (Wildman–Crippen MR) is 128 cm³/mol. The van der Waals surface area contributed by atoms with Crippen LogP contribution in [0.25, 0.3) is 0 Å². The van der Waals surface area contributed by atoms with E-state index in [2.05, 4.69) is 53.3 Å². The first-order valence-electron chi connectivity index (χ1n) is 10.2. The Morgan fingerprint density at radius 3 is 2.77 bits per heavy atom. The number of piperazine rings is 1. The number of nitrogens with zero attached hydrogens (tertiary/aromatic N) is 6. The van der Waals surface area contributed by atoms with Crippen molar-refractivity contribution < 1.29 is 0 Å². The summed E-state index contributed by atoms with van der Waals surface area (Å²) in [6.07, 6.45) is 8.42. The molecule has 1 aliphatic heterocycles. The van der Waals surface area contributed by atoms with Crippen LogP contribution >= 0.6 is 11.3 Å². The minimum Gasteiger partial charge on any atom is -0.405 e. The Morgan fingerprint density at radius 2 is 2.03 bits per heavy atom. The number of aliphatic imine (C=N–C) groups is 1. The Labute approximate surface area is 186 Å². The van der Waals surface area contributed by atoms with Crippen molar-refractivity contribution in [1.29, 1.82) is 0 Å². The number of allylic oxidation sites excluding steroid dienone is 1. The summed E-state index contributed by atoms with van der Waals surface area (Å²) in [5.41, 5.74) is 8.74. The van der Waals surface area contributed by atoms with Crippen molar-refractivity contribution >= 4 is 40.0 Å². The molecule has 0 aromatic carbocycles. The second-order valence-electron chi connectivity index (χ2n) is 7.21. The molecule has 0 unspecified atom stereocenters. The van der Waals surface area contributed by atoms with Gasteiger partial charge < -0.3 is 16.0 Å². The molecule has 0 saturated carbocycles. The smallest absolute Gasteiger partial charge is 0.188 e. The largest absolute Gasteiger partial charge is 0.405 e. The zero-order valence-corrected chi connectivity index (χ0v) is 18.3. The Morgan fingerprint density at radius 1 is 1.16 bits per heavy atom. The molecule has 1 aliphatic rings. The van der Waals surface area contributed by atoms with Gasteiger partial charge in [0, 0.05) is 56.7 Å². The number of hydrogen-bond acceptors (Lipinski definition) is 9. The maximum atomic E-state index is 5.33. The molecule has 4 heterocycles. The lowest BCUT2D eigenvalue weighted by atomic mass is 10.2. The van der Waals surface area contributed by atoms with E-state index in [4.69, 9.17) is 5.73 Å². The fourth-order valence-corrected chi connectivity index (χ4v) is 4.09. The average Bonchev–Trinajstić information content (AvgIpc) is 3.28. The summed E-state index contributed by atoms with van der Waals surface area (Å²) in [5.74, 6) is 1.52. The van der Waals surface area contributed by atoms with Crippen LogP contribution in [-0.2, 0) is 6.54 Å². The fraction of sp³-hybridized carbons (Fsp3) is 0.273. The molecule has 160 valence electrons. The second kappa shape index (κ2) is 10.1. The number of anilines is 3. The monoisotopic (exact) mass is 434 g/mol. The zero-order chi connectivity index (χ0) is 21.5. The van der Waals surface area contributed by atoms with Crippen molar-refractivity contribution in [2.75, 3.05) is 36.4 Å². The van der Waals surface area contributed by atoms with Gasteiger partial charge >= 0.3 is 0 Å². The molecule has 0 bridgehead atoms. The normalized spacial score (nSPS) is 15.2. The number of nitrogens with two attached hydrogens (primary N) is 1. The average molecular weight is 435 g/mol. The SMILES string of the molecule is Cc1nc(N=C/C=C\N)ccc1N1CCN(Cc2ccnc(Nc3nccs3)c2)CC1. The summed E-state index contributed by atoms with van der Waals surface area (Å²) < 4.78 is 0. The lowest BCUT2D eigenvalue weighted by Gasteiger charge is -2.36. The number of thiazole rings is 1. The highest BCUT2D eigenvalue weighted by molar-refractivity contribution is 7.13. The Kier molecular flexibility index (Phi) is 6.85. The molecule has 3 aromatic rings. The van der Waals surface area contributed by atoms with Crippen LogP contribution in [0, 0.1) is 6.92 Å². The van der Waals surface area contributed by atoms with Gasteiger partial charge in [-0.2, -0.15) is 0 Å². The van der Waals surface area contributed by atoms with Gasteiger partial charge in [0.15, 0.2) is 10.9 Å². The first-order chi connectivity index (χ1) is 15.2. The Bertz CT molecular complexity index is 1040. The van der Waals surface area contributed by atoms with Crippen LogP contribution < -0.4 is 16.0 Å². The molecule has 3 aromatic heterocycles. The van der Waals surface area contributed by atoms with Crippen LogP contribution in [0.4, 0.5) is 22.5 Å². The molecule has 9 heteroatoms. The summed E-state index contributed by atoms with van der Waals surface area (Å²) >= 11 is 1.57. The summed E-state index contributed by atoms with van der Waals surface area (Å²) in [5, 5.41) is 6.06. The number of hydrogen-bond donors (Lipinski definition) is 2. The quantitative estimate of drug-likeness (QED) is 0.550. The highest BCUT2D eigenvalue weighted by atomic mass is 32.1. The van der Waals surface area contributed by atoms with Crippen LogP contribution in [0.2, 0.25) is 0 Å². The van der Waals surface area contributed by atoms with E-state index in [1.165, 1.54) is 17.5 Å². The molecule has 0 radical (unpaired) electrons. The third-order valence-electron chi connectivity index (χ3n) is 5.06. The van der Waals surface area contributed by atoms with Gasteiger partial charge in [-0.1, -0.05) is 0 Å². The van der Waals surface area contributed by atoms with Gasteiger partial charge in [0.2, 0.25) is 0 Å². The van der Waals surface area contributed by atoms with E-state index >= 15 is 0 Å².